The molecule has 1 spiro atoms. The number of nitrogens with zero attached hydrogens (tertiary/aromatic N) is 2. The Morgan fingerprint density at radius 1 is 1.31 bits per heavy atom. The van der Waals surface area contributed by atoms with Crippen LogP contribution in [0.1, 0.15) is 38.2 Å². The molecule has 2 fully saturated rings. The molecule has 0 aromatic heterocycles. The minimum absolute atomic E-state index is 0.136. The molecule has 198 valence electrons. The number of rotatable bonds is 11. The molecule has 2 N–H and O–H groups in total. The first-order valence-corrected chi connectivity index (χ1v) is 12.2. The molecule has 0 bridgehead atoms. The van der Waals surface area contributed by atoms with E-state index in [9.17, 15) is 23.1 Å². The molecule has 1 amide bonds. The summed E-state index contributed by atoms with van der Waals surface area (Å²) in [5.74, 6) is -0.289. The highest BCUT2D eigenvalue weighted by Crippen LogP contribution is 2.53. The first-order valence-electron chi connectivity index (χ1n) is 11.9. The Hall–Kier alpha value is -1.59. The fourth-order valence-electron chi connectivity index (χ4n) is 4.64. The van der Waals surface area contributed by atoms with Crippen LogP contribution in [0, 0.1) is 5.41 Å². The number of likely N-dealkylation sites (tertiary alicyclic amines) is 1. The number of hydrogen-bond donors (Lipinski definition) is 2. The van der Waals surface area contributed by atoms with Crippen LogP contribution in [0.5, 0.6) is 0 Å². The second kappa shape index (κ2) is 11.6. The highest BCUT2D eigenvalue weighted by Gasteiger charge is 2.51. The smallest absolute Gasteiger partial charge is 0.391 e. The van der Waals surface area contributed by atoms with Crippen molar-refractivity contribution in [3.05, 3.63) is 28.8 Å². The second-order valence-electron chi connectivity index (χ2n) is 9.53. The molecule has 1 saturated heterocycles. The number of aliphatic hydroxyl groups excluding tert-OH is 1. The maximum atomic E-state index is 13.2. The molecule has 7 nitrogen and oxygen atoms in total. The predicted octanol–water partition coefficient (Wildman–Crippen LogP) is 3.84. The number of β-amino-alcohol motifs (C(OH)–C–C–N with tert-alkyl or cyclic N) is 1. The number of ether oxygens (including phenoxy) is 2. The summed E-state index contributed by atoms with van der Waals surface area (Å²) >= 11 is 5.70. The zero-order valence-corrected chi connectivity index (χ0v) is 21.2. The van der Waals surface area contributed by atoms with E-state index in [4.69, 9.17) is 21.1 Å². The van der Waals surface area contributed by atoms with E-state index in [1.807, 2.05) is 0 Å². The lowest BCUT2D eigenvalue weighted by Crippen LogP contribution is -2.48. The highest BCUT2D eigenvalue weighted by atomic mass is 35.5. The molecule has 35 heavy (non-hydrogen) atoms. The fourth-order valence-corrected chi connectivity index (χ4v) is 4.87. The molecule has 1 heterocycles. The van der Waals surface area contributed by atoms with Crippen LogP contribution in [0.2, 0.25) is 5.02 Å². The predicted molar refractivity (Wildman–Crippen MR) is 127 cm³/mol. The summed E-state index contributed by atoms with van der Waals surface area (Å²) in [6, 6.07) is 2.68. The van der Waals surface area contributed by atoms with E-state index in [0.717, 1.165) is 44.5 Å². The average Bonchev–Trinajstić information content (AvgIpc) is 3.59. The summed E-state index contributed by atoms with van der Waals surface area (Å²) in [5, 5.41) is 12.9. The lowest BCUT2D eigenvalue weighted by Gasteiger charge is -2.37. The van der Waals surface area contributed by atoms with Gasteiger partial charge in [0.25, 0.3) is 0 Å². The SMILES string of the molecule is COC(CN(CCCN1CCC2(CC2)C(O)C1)C(=O)C(C)Nc1ccc(Cl)c(C(F)(F)F)c1)OC. The van der Waals surface area contributed by atoms with Crippen LogP contribution >= 0.6 is 11.6 Å². The molecule has 2 unspecified atom stereocenters. The van der Waals surface area contributed by atoms with Crippen molar-refractivity contribution < 1.29 is 32.5 Å². The third-order valence-electron chi connectivity index (χ3n) is 7.09. The number of amides is 1. The molecule has 2 atom stereocenters. The first-order chi connectivity index (χ1) is 16.5. The van der Waals surface area contributed by atoms with Crippen molar-refractivity contribution in [2.75, 3.05) is 52.3 Å². The average molecular weight is 522 g/mol. The van der Waals surface area contributed by atoms with Crippen molar-refractivity contribution in [3.8, 4) is 0 Å². The fraction of sp³-hybridized carbons (Fsp3) is 0.708. The van der Waals surface area contributed by atoms with Gasteiger partial charge in [-0.25, -0.2) is 0 Å². The van der Waals surface area contributed by atoms with E-state index in [-0.39, 0.29) is 29.7 Å². The van der Waals surface area contributed by atoms with E-state index >= 15 is 0 Å². The Balaban J connectivity index is 1.60. The zero-order chi connectivity index (χ0) is 25.8. The molecule has 11 heteroatoms. The van der Waals surface area contributed by atoms with E-state index in [1.165, 1.54) is 20.3 Å². The monoisotopic (exact) mass is 521 g/mol. The molecular weight excluding hydrogens is 487 g/mol. The van der Waals surface area contributed by atoms with Crippen LogP contribution in [0.3, 0.4) is 0 Å². The van der Waals surface area contributed by atoms with Gasteiger partial charge in [0.2, 0.25) is 5.91 Å². The summed E-state index contributed by atoms with van der Waals surface area (Å²) in [4.78, 5) is 17.1. The van der Waals surface area contributed by atoms with Gasteiger partial charge in [-0.15, -0.1) is 0 Å². The van der Waals surface area contributed by atoms with Gasteiger partial charge >= 0.3 is 6.18 Å². The number of methoxy groups -OCH3 is 2. The van der Waals surface area contributed by atoms with Crippen LogP contribution < -0.4 is 5.32 Å². The number of aliphatic hydroxyl groups is 1. The number of piperidine rings is 1. The number of carbonyl (C=O) groups is 1. The second-order valence-corrected chi connectivity index (χ2v) is 9.93. The Kier molecular flexibility index (Phi) is 9.31. The van der Waals surface area contributed by atoms with Crippen LogP contribution in [0.4, 0.5) is 18.9 Å². The normalized spacial score (nSPS) is 20.8. The largest absolute Gasteiger partial charge is 0.417 e. The van der Waals surface area contributed by atoms with Crippen molar-refractivity contribution in [2.24, 2.45) is 5.41 Å². The summed E-state index contributed by atoms with van der Waals surface area (Å²) in [5.41, 5.74) is -0.678. The standard InChI is InChI=1S/C24H35ClF3N3O4/c1-16(29-17-5-6-19(25)18(13-17)24(26,27)28)22(33)31(15-21(34-2)35-3)11-4-10-30-12-9-23(7-8-23)20(32)14-30/h5-6,13,16,20-21,29,32H,4,7-12,14-15H2,1-3H3. The lowest BCUT2D eigenvalue weighted by atomic mass is 9.90. The molecule has 1 aliphatic carbocycles. The molecule has 1 aromatic rings. The third-order valence-corrected chi connectivity index (χ3v) is 7.42. The number of hydrogen-bond acceptors (Lipinski definition) is 6. The number of anilines is 1. The van der Waals surface area contributed by atoms with Crippen LogP contribution in [-0.2, 0) is 20.4 Å². The van der Waals surface area contributed by atoms with Crippen molar-refractivity contribution >= 4 is 23.2 Å². The van der Waals surface area contributed by atoms with Gasteiger partial charge in [-0.2, -0.15) is 13.2 Å². The molecular formula is C24H35ClF3N3O4. The van der Waals surface area contributed by atoms with Gasteiger partial charge in [-0.3, -0.25) is 4.79 Å². The van der Waals surface area contributed by atoms with Crippen LogP contribution in [0.15, 0.2) is 18.2 Å². The summed E-state index contributed by atoms with van der Waals surface area (Å²) in [7, 11) is 2.96. The maximum absolute atomic E-state index is 13.2. The molecule has 1 aliphatic heterocycles. The quantitative estimate of drug-likeness (QED) is 0.431. The highest BCUT2D eigenvalue weighted by molar-refractivity contribution is 6.31. The maximum Gasteiger partial charge on any atom is 0.417 e. The first kappa shape index (κ1) is 28.0. The van der Waals surface area contributed by atoms with Crippen molar-refractivity contribution in [3.63, 3.8) is 0 Å². The van der Waals surface area contributed by atoms with Gasteiger partial charge in [0, 0.05) is 33.0 Å². The number of benzene rings is 1. The van der Waals surface area contributed by atoms with Gasteiger partial charge in [0.05, 0.1) is 23.2 Å². The minimum atomic E-state index is -4.60. The number of halogens is 4. The molecule has 3 rings (SSSR count). The van der Waals surface area contributed by atoms with E-state index < -0.39 is 29.1 Å². The van der Waals surface area contributed by atoms with E-state index in [1.54, 1.807) is 11.8 Å². The molecule has 1 saturated carbocycles. The minimum Gasteiger partial charge on any atom is -0.391 e. The topological polar surface area (TPSA) is 74.3 Å². The molecule has 2 aliphatic rings. The zero-order valence-electron chi connectivity index (χ0n) is 20.4. The van der Waals surface area contributed by atoms with Gasteiger partial charge in [-0.1, -0.05) is 11.6 Å². The Bertz CT molecular complexity index is 865. The van der Waals surface area contributed by atoms with E-state index in [0.29, 0.717) is 19.5 Å². The summed E-state index contributed by atoms with van der Waals surface area (Å²) in [6.07, 6.45) is -1.66. The van der Waals surface area contributed by atoms with Crippen molar-refractivity contribution in [1.82, 2.24) is 9.80 Å². The van der Waals surface area contributed by atoms with Gasteiger partial charge in [0.1, 0.15) is 6.04 Å². The van der Waals surface area contributed by atoms with Crippen molar-refractivity contribution in [1.29, 1.82) is 0 Å². The van der Waals surface area contributed by atoms with Crippen LogP contribution in [0.25, 0.3) is 0 Å². The van der Waals surface area contributed by atoms with E-state index in [2.05, 4.69) is 10.2 Å². The van der Waals surface area contributed by atoms with Gasteiger partial charge in [0.15, 0.2) is 6.29 Å². The number of nitrogens with one attached hydrogen (secondary N) is 1. The van der Waals surface area contributed by atoms with Gasteiger partial charge in [-0.05, 0) is 69.3 Å². The number of carbonyl (C=O) groups excluding carboxylic acids is 1. The lowest BCUT2D eigenvalue weighted by molar-refractivity contribution is -0.146. The van der Waals surface area contributed by atoms with Crippen molar-refractivity contribution in [2.45, 2.75) is 57.2 Å². The Morgan fingerprint density at radius 2 is 2.00 bits per heavy atom. The van der Waals surface area contributed by atoms with Gasteiger partial charge < -0.3 is 29.7 Å². The van der Waals surface area contributed by atoms with Crippen LogP contribution in [-0.4, -0.2) is 86.2 Å². The number of alkyl halides is 3. The summed E-state index contributed by atoms with van der Waals surface area (Å²) < 4.78 is 50.1. The Morgan fingerprint density at radius 3 is 2.57 bits per heavy atom. The molecule has 1 aromatic carbocycles. The summed E-state index contributed by atoms with van der Waals surface area (Å²) in [6.45, 7) is 4.50. The third kappa shape index (κ3) is 7.22. The Labute approximate surface area is 209 Å². The molecule has 0 radical (unpaired) electrons.